The summed E-state index contributed by atoms with van der Waals surface area (Å²) in [7, 11) is 0. The molecule has 0 bridgehead atoms. The minimum Gasteiger partial charge on any atom is -0.453 e. The molecule has 0 aliphatic carbocycles. The maximum atomic E-state index is 7.15. The lowest BCUT2D eigenvalue weighted by atomic mass is 9.90. The molecule has 0 radical (unpaired) electrons. The molecule has 0 fully saturated rings. The standard InChI is InChI=1S/C46H32N2O/c1-5-16-35(17-6-1)47(36-18-7-2-8-19-36)39-30-27-33(28-31-39)40-24-14-26-42-41-25-13-15-34-29-32-43(46(44(34)41)49-45(40)42)48(37-20-9-3-10-21-37)38-22-11-4-12-23-38/h1-32H. The van der Waals surface area contributed by atoms with E-state index in [0.717, 1.165) is 73.1 Å². The summed E-state index contributed by atoms with van der Waals surface area (Å²) in [4.78, 5) is 4.57. The molecule has 0 amide bonds. The zero-order valence-electron chi connectivity index (χ0n) is 26.8. The van der Waals surface area contributed by atoms with E-state index in [2.05, 4.69) is 204 Å². The monoisotopic (exact) mass is 628 g/mol. The molecule has 1 heterocycles. The summed E-state index contributed by atoms with van der Waals surface area (Å²) in [5.74, 6) is 1.73. The van der Waals surface area contributed by atoms with Gasteiger partial charge < -0.3 is 14.5 Å². The van der Waals surface area contributed by atoms with Gasteiger partial charge >= 0.3 is 0 Å². The lowest BCUT2D eigenvalue weighted by Gasteiger charge is -2.31. The van der Waals surface area contributed by atoms with Crippen molar-refractivity contribution in [2.45, 2.75) is 0 Å². The van der Waals surface area contributed by atoms with Crippen molar-refractivity contribution in [2.75, 3.05) is 9.80 Å². The molecule has 9 rings (SSSR count). The molecular formula is C46H32N2O. The van der Waals surface area contributed by atoms with E-state index in [1.807, 2.05) is 0 Å². The minimum atomic E-state index is 0.858. The third-order valence-corrected chi connectivity index (χ3v) is 9.22. The zero-order chi connectivity index (χ0) is 32.6. The summed E-state index contributed by atoms with van der Waals surface area (Å²) >= 11 is 0. The molecule has 0 N–H and O–H groups in total. The number of ether oxygens (including phenoxy) is 1. The van der Waals surface area contributed by atoms with Gasteiger partial charge in [0.15, 0.2) is 5.75 Å². The summed E-state index contributed by atoms with van der Waals surface area (Å²) in [6.45, 7) is 0. The number of anilines is 6. The van der Waals surface area contributed by atoms with Crippen LogP contribution in [0.4, 0.5) is 34.1 Å². The Balaban J connectivity index is 1.18. The Bertz CT molecular complexity index is 2310. The van der Waals surface area contributed by atoms with Crippen molar-refractivity contribution in [1.82, 2.24) is 0 Å². The van der Waals surface area contributed by atoms with Crippen molar-refractivity contribution in [3.05, 3.63) is 194 Å². The van der Waals surface area contributed by atoms with Gasteiger partial charge in [0.25, 0.3) is 0 Å². The Morgan fingerprint density at radius 2 is 0.776 bits per heavy atom. The molecular weight excluding hydrogens is 597 g/mol. The van der Waals surface area contributed by atoms with Crippen LogP contribution in [0.15, 0.2) is 194 Å². The predicted octanol–water partition coefficient (Wildman–Crippen LogP) is 13.2. The maximum Gasteiger partial charge on any atom is 0.159 e. The summed E-state index contributed by atoms with van der Waals surface area (Å²) < 4.78 is 7.15. The number of hydrogen-bond donors (Lipinski definition) is 0. The Labute approximate surface area is 286 Å². The first-order valence-electron chi connectivity index (χ1n) is 16.6. The van der Waals surface area contributed by atoms with Crippen LogP contribution in [0.5, 0.6) is 11.5 Å². The van der Waals surface area contributed by atoms with Gasteiger partial charge in [0, 0.05) is 45.0 Å². The first-order chi connectivity index (χ1) is 24.3. The number of para-hydroxylation sites is 5. The fourth-order valence-corrected chi connectivity index (χ4v) is 7.00. The van der Waals surface area contributed by atoms with Crippen molar-refractivity contribution < 1.29 is 4.74 Å². The van der Waals surface area contributed by atoms with Crippen LogP contribution in [-0.2, 0) is 0 Å². The van der Waals surface area contributed by atoms with Crippen molar-refractivity contribution in [1.29, 1.82) is 0 Å². The zero-order valence-corrected chi connectivity index (χ0v) is 26.8. The second-order valence-electron chi connectivity index (χ2n) is 12.2. The van der Waals surface area contributed by atoms with Crippen molar-refractivity contribution >= 4 is 44.9 Å². The molecule has 232 valence electrons. The smallest absolute Gasteiger partial charge is 0.159 e. The average Bonchev–Trinajstić information content (AvgIpc) is 3.18. The quantitative estimate of drug-likeness (QED) is 0.175. The SMILES string of the molecule is c1ccc(N(c2ccccc2)c2ccc(-c3cccc4c3Oc3c(N(c5ccccc5)c5ccccc5)ccc5cccc-4c35)cc2)cc1. The van der Waals surface area contributed by atoms with Crippen LogP contribution < -0.4 is 14.5 Å². The Hall–Kier alpha value is -6.58. The van der Waals surface area contributed by atoms with Gasteiger partial charge in [0.2, 0.25) is 0 Å². The van der Waals surface area contributed by atoms with E-state index in [1.54, 1.807) is 0 Å². The molecule has 49 heavy (non-hydrogen) atoms. The van der Waals surface area contributed by atoms with Crippen molar-refractivity contribution in [3.63, 3.8) is 0 Å². The summed E-state index contributed by atoms with van der Waals surface area (Å²) in [5, 5.41) is 2.28. The van der Waals surface area contributed by atoms with Gasteiger partial charge in [-0.05, 0) is 83.2 Å². The van der Waals surface area contributed by atoms with Gasteiger partial charge in [0.1, 0.15) is 5.75 Å². The molecule has 8 aromatic carbocycles. The fourth-order valence-electron chi connectivity index (χ4n) is 7.00. The highest BCUT2D eigenvalue weighted by Gasteiger charge is 2.28. The molecule has 0 unspecified atom stereocenters. The number of nitrogens with zero attached hydrogens (tertiary/aromatic N) is 2. The summed E-state index contributed by atoms with van der Waals surface area (Å²) in [6, 6.07) is 68.2. The summed E-state index contributed by atoms with van der Waals surface area (Å²) in [5.41, 5.74) is 10.9. The average molecular weight is 629 g/mol. The molecule has 0 spiro atoms. The Kier molecular flexibility index (Phi) is 7.14. The van der Waals surface area contributed by atoms with Gasteiger partial charge in [-0.3, -0.25) is 0 Å². The second-order valence-corrected chi connectivity index (χ2v) is 12.2. The summed E-state index contributed by atoms with van der Waals surface area (Å²) in [6.07, 6.45) is 0. The highest BCUT2D eigenvalue weighted by atomic mass is 16.5. The first kappa shape index (κ1) is 28.6. The van der Waals surface area contributed by atoms with Crippen LogP contribution in [0.25, 0.3) is 33.0 Å². The fraction of sp³-hybridized carbons (Fsp3) is 0. The number of hydrogen-bond acceptors (Lipinski definition) is 3. The van der Waals surface area contributed by atoms with Gasteiger partial charge in [-0.15, -0.1) is 0 Å². The Morgan fingerprint density at radius 3 is 1.35 bits per heavy atom. The molecule has 8 aromatic rings. The van der Waals surface area contributed by atoms with E-state index in [-0.39, 0.29) is 0 Å². The molecule has 0 atom stereocenters. The van der Waals surface area contributed by atoms with Crippen LogP contribution in [0.1, 0.15) is 0 Å². The van der Waals surface area contributed by atoms with Gasteiger partial charge in [-0.25, -0.2) is 0 Å². The lowest BCUT2D eigenvalue weighted by Crippen LogP contribution is -2.12. The largest absolute Gasteiger partial charge is 0.453 e. The third-order valence-electron chi connectivity index (χ3n) is 9.22. The van der Waals surface area contributed by atoms with Crippen molar-refractivity contribution in [3.8, 4) is 33.8 Å². The van der Waals surface area contributed by atoms with E-state index in [0.29, 0.717) is 0 Å². The normalized spacial score (nSPS) is 11.4. The van der Waals surface area contributed by atoms with Gasteiger partial charge in [0.05, 0.1) is 5.69 Å². The van der Waals surface area contributed by atoms with E-state index in [1.165, 1.54) is 5.56 Å². The van der Waals surface area contributed by atoms with Crippen LogP contribution in [0.2, 0.25) is 0 Å². The topological polar surface area (TPSA) is 15.7 Å². The molecule has 0 aromatic heterocycles. The van der Waals surface area contributed by atoms with E-state index < -0.39 is 0 Å². The molecule has 3 heteroatoms. The Morgan fingerprint density at radius 1 is 0.306 bits per heavy atom. The van der Waals surface area contributed by atoms with Gasteiger partial charge in [-0.2, -0.15) is 0 Å². The van der Waals surface area contributed by atoms with Gasteiger partial charge in [-0.1, -0.05) is 127 Å². The molecule has 1 aliphatic heterocycles. The number of rotatable bonds is 7. The van der Waals surface area contributed by atoms with E-state index >= 15 is 0 Å². The van der Waals surface area contributed by atoms with Crippen LogP contribution >= 0.6 is 0 Å². The number of benzene rings is 8. The first-order valence-corrected chi connectivity index (χ1v) is 16.6. The van der Waals surface area contributed by atoms with Crippen molar-refractivity contribution in [2.24, 2.45) is 0 Å². The molecule has 0 saturated heterocycles. The van der Waals surface area contributed by atoms with Crippen LogP contribution in [0.3, 0.4) is 0 Å². The van der Waals surface area contributed by atoms with Crippen LogP contribution in [-0.4, -0.2) is 0 Å². The third kappa shape index (κ3) is 5.09. The molecule has 3 nitrogen and oxygen atoms in total. The highest BCUT2D eigenvalue weighted by molar-refractivity contribution is 6.09. The maximum absolute atomic E-state index is 7.15. The molecule has 1 aliphatic rings. The molecule has 0 saturated carbocycles. The minimum absolute atomic E-state index is 0.858. The number of fused-ring (bicyclic) bond motifs is 2. The van der Waals surface area contributed by atoms with E-state index in [9.17, 15) is 0 Å². The predicted molar refractivity (Wildman–Crippen MR) is 204 cm³/mol. The van der Waals surface area contributed by atoms with E-state index in [4.69, 9.17) is 4.74 Å². The van der Waals surface area contributed by atoms with Crippen LogP contribution in [0, 0.1) is 0 Å². The highest BCUT2D eigenvalue weighted by Crippen LogP contribution is 2.55. The lowest BCUT2D eigenvalue weighted by molar-refractivity contribution is 0.490. The second kappa shape index (κ2) is 12.2.